The molecule has 0 bridgehead atoms. The van der Waals surface area contributed by atoms with Crippen LogP contribution in [0, 0.1) is 5.92 Å². The van der Waals surface area contributed by atoms with Crippen molar-refractivity contribution in [1.29, 1.82) is 0 Å². The van der Waals surface area contributed by atoms with Gasteiger partial charge >= 0.3 is 5.97 Å². The van der Waals surface area contributed by atoms with Crippen LogP contribution in [0.3, 0.4) is 0 Å². The van der Waals surface area contributed by atoms with Gasteiger partial charge in [0, 0.05) is 11.1 Å². The van der Waals surface area contributed by atoms with Crippen LogP contribution in [0.4, 0.5) is 0 Å². The molecule has 0 fully saturated rings. The van der Waals surface area contributed by atoms with Crippen LogP contribution in [0.1, 0.15) is 32.3 Å². The molecular formula is C15H22ClNO2. The van der Waals surface area contributed by atoms with E-state index in [1.165, 1.54) is 0 Å². The van der Waals surface area contributed by atoms with E-state index in [2.05, 4.69) is 19.2 Å². The molecule has 0 aliphatic heterocycles. The Morgan fingerprint density at radius 3 is 2.47 bits per heavy atom. The van der Waals surface area contributed by atoms with Crippen LogP contribution in [0.25, 0.3) is 0 Å². The van der Waals surface area contributed by atoms with Crippen LogP contribution in [0.2, 0.25) is 5.02 Å². The molecule has 0 amide bonds. The van der Waals surface area contributed by atoms with Gasteiger partial charge in [-0.15, -0.1) is 0 Å². The molecule has 1 atom stereocenters. The zero-order chi connectivity index (χ0) is 14.3. The smallest absolute Gasteiger partial charge is 0.304 e. The molecule has 19 heavy (non-hydrogen) atoms. The molecule has 1 aromatic rings. The molecule has 106 valence electrons. The van der Waals surface area contributed by atoms with Crippen molar-refractivity contribution in [2.24, 2.45) is 5.92 Å². The Morgan fingerprint density at radius 1 is 1.32 bits per heavy atom. The first-order chi connectivity index (χ1) is 8.97. The molecule has 4 heteroatoms. The fourth-order valence-electron chi connectivity index (χ4n) is 1.91. The Kier molecular flexibility index (Phi) is 6.89. The highest BCUT2D eigenvalue weighted by Crippen LogP contribution is 2.12. The van der Waals surface area contributed by atoms with Gasteiger partial charge in [-0.25, -0.2) is 0 Å². The van der Waals surface area contributed by atoms with E-state index in [0.717, 1.165) is 18.5 Å². The van der Waals surface area contributed by atoms with Crippen molar-refractivity contribution in [2.75, 3.05) is 6.54 Å². The van der Waals surface area contributed by atoms with E-state index in [0.29, 0.717) is 17.4 Å². The molecule has 1 unspecified atom stereocenters. The van der Waals surface area contributed by atoms with Crippen molar-refractivity contribution in [3.05, 3.63) is 34.9 Å². The van der Waals surface area contributed by atoms with E-state index in [9.17, 15) is 4.79 Å². The number of hydrogen-bond acceptors (Lipinski definition) is 2. The summed E-state index contributed by atoms with van der Waals surface area (Å²) in [7, 11) is 0. The Balaban J connectivity index is 2.53. The number of carbonyl (C=O) groups is 1. The zero-order valence-corrected chi connectivity index (χ0v) is 12.3. The fourth-order valence-corrected chi connectivity index (χ4v) is 2.03. The molecule has 2 N–H and O–H groups in total. The molecular weight excluding hydrogens is 262 g/mol. The lowest BCUT2D eigenvalue weighted by Gasteiger charge is -2.18. The molecule has 1 rings (SSSR count). The predicted octanol–water partition coefficient (Wildman–Crippen LogP) is 3.36. The molecule has 0 aromatic heterocycles. The third-order valence-corrected chi connectivity index (χ3v) is 3.22. The molecule has 0 radical (unpaired) electrons. The Morgan fingerprint density at radius 2 is 1.95 bits per heavy atom. The summed E-state index contributed by atoms with van der Waals surface area (Å²) >= 11 is 5.84. The minimum atomic E-state index is -0.768. The summed E-state index contributed by atoms with van der Waals surface area (Å²) in [6.45, 7) is 5.17. The van der Waals surface area contributed by atoms with Gasteiger partial charge in [0.2, 0.25) is 0 Å². The van der Waals surface area contributed by atoms with Gasteiger partial charge in [0.15, 0.2) is 0 Å². The molecule has 0 saturated carbocycles. The van der Waals surface area contributed by atoms with Gasteiger partial charge in [0.25, 0.3) is 0 Å². The lowest BCUT2D eigenvalue weighted by molar-refractivity contribution is -0.137. The van der Waals surface area contributed by atoms with E-state index in [1.54, 1.807) is 0 Å². The molecule has 1 aromatic carbocycles. The first-order valence-corrected chi connectivity index (χ1v) is 7.04. The number of carboxylic acids is 1. The molecule has 0 saturated heterocycles. The number of benzene rings is 1. The molecule has 3 nitrogen and oxygen atoms in total. The lowest BCUT2D eigenvalue weighted by atomic mass is 10.0. The standard InChI is InChI=1S/C15H22ClNO2/c1-11(2)7-8-17-14(10-15(18)19)9-12-3-5-13(16)6-4-12/h3-6,11,14,17H,7-10H2,1-2H3,(H,18,19). The van der Waals surface area contributed by atoms with Crippen molar-refractivity contribution in [1.82, 2.24) is 5.32 Å². The van der Waals surface area contributed by atoms with E-state index < -0.39 is 5.97 Å². The SMILES string of the molecule is CC(C)CCNC(CC(=O)O)Cc1ccc(Cl)cc1. The second-order valence-electron chi connectivity index (χ2n) is 5.26. The topological polar surface area (TPSA) is 49.3 Å². The summed E-state index contributed by atoms with van der Waals surface area (Å²) < 4.78 is 0. The summed E-state index contributed by atoms with van der Waals surface area (Å²) in [5.41, 5.74) is 1.10. The van der Waals surface area contributed by atoms with Gasteiger partial charge in [-0.2, -0.15) is 0 Å². The minimum Gasteiger partial charge on any atom is -0.481 e. The second kappa shape index (κ2) is 8.18. The number of halogens is 1. The van der Waals surface area contributed by atoms with Gasteiger partial charge in [0.1, 0.15) is 0 Å². The molecule has 0 spiro atoms. The number of rotatable bonds is 8. The van der Waals surface area contributed by atoms with E-state index >= 15 is 0 Å². The molecule has 0 heterocycles. The third kappa shape index (κ3) is 7.19. The number of aliphatic carboxylic acids is 1. The number of hydrogen-bond donors (Lipinski definition) is 2. The van der Waals surface area contributed by atoms with Gasteiger partial charge in [-0.05, 0) is 43.0 Å². The summed E-state index contributed by atoms with van der Waals surface area (Å²) in [5.74, 6) is -0.149. The third-order valence-electron chi connectivity index (χ3n) is 2.97. The maximum atomic E-state index is 10.9. The van der Waals surface area contributed by atoms with E-state index in [1.807, 2.05) is 24.3 Å². The predicted molar refractivity (Wildman–Crippen MR) is 78.7 cm³/mol. The summed E-state index contributed by atoms with van der Waals surface area (Å²) in [4.78, 5) is 10.9. The van der Waals surface area contributed by atoms with Crippen LogP contribution in [0.15, 0.2) is 24.3 Å². The van der Waals surface area contributed by atoms with E-state index in [-0.39, 0.29) is 12.5 Å². The Hall–Kier alpha value is -1.06. The van der Waals surface area contributed by atoms with Crippen molar-refractivity contribution in [3.8, 4) is 0 Å². The maximum Gasteiger partial charge on any atom is 0.304 e. The Bertz CT molecular complexity index is 390. The van der Waals surface area contributed by atoms with Crippen molar-refractivity contribution in [3.63, 3.8) is 0 Å². The van der Waals surface area contributed by atoms with Gasteiger partial charge in [-0.3, -0.25) is 4.79 Å². The number of nitrogens with one attached hydrogen (secondary N) is 1. The van der Waals surface area contributed by atoms with Crippen LogP contribution in [0.5, 0.6) is 0 Å². The van der Waals surface area contributed by atoms with Crippen LogP contribution in [-0.4, -0.2) is 23.7 Å². The van der Waals surface area contributed by atoms with Gasteiger partial charge < -0.3 is 10.4 Å². The zero-order valence-electron chi connectivity index (χ0n) is 11.5. The van der Waals surface area contributed by atoms with Crippen molar-refractivity contribution < 1.29 is 9.90 Å². The van der Waals surface area contributed by atoms with Gasteiger partial charge in [0.05, 0.1) is 6.42 Å². The highest BCUT2D eigenvalue weighted by Gasteiger charge is 2.13. The summed E-state index contributed by atoms with van der Waals surface area (Å²) in [5, 5.41) is 13.0. The largest absolute Gasteiger partial charge is 0.481 e. The highest BCUT2D eigenvalue weighted by atomic mass is 35.5. The van der Waals surface area contributed by atoms with E-state index in [4.69, 9.17) is 16.7 Å². The Labute approximate surface area is 120 Å². The average Bonchev–Trinajstić information content (AvgIpc) is 2.30. The quantitative estimate of drug-likeness (QED) is 0.769. The van der Waals surface area contributed by atoms with Crippen molar-refractivity contribution >= 4 is 17.6 Å². The normalized spacial score (nSPS) is 12.6. The summed E-state index contributed by atoms with van der Waals surface area (Å²) in [6, 6.07) is 7.53. The van der Waals surface area contributed by atoms with Crippen LogP contribution in [-0.2, 0) is 11.2 Å². The minimum absolute atomic E-state index is 0.0302. The first kappa shape index (κ1) is 16.0. The molecule has 0 aliphatic carbocycles. The average molecular weight is 284 g/mol. The van der Waals surface area contributed by atoms with Crippen LogP contribution >= 0.6 is 11.6 Å². The fraction of sp³-hybridized carbons (Fsp3) is 0.533. The monoisotopic (exact) mass is 283 g/mol. The van der Waals surface area contributed by atoms with Crippen molar-refractivity contribution in [2.45, 2.75) is 39.2 Å². The number of carboxylic acid groups (broad SMARTS) is 1. The first-order valence-electron chi connectivity index (χ1n) is 6.67. The second-order valence-corrected chi connectivity index (χ2v) is 5.70. The van der Waals surface area contributed by atoms with Crippen LogP contribution < -0.4 is 5.32 Å². The van der Waals surface area contributed by atoms with Gasteiger partial charge in [-0.1, -0.05) is 37.6 Å². The summed E-state index contributed by atoms with van der Waals surface area (Å²) in [6.07, 6.45) is 1.90. The lowest BCUT2D eigenvalue weighted by Crippen LogP contribution is -2.34. The molecule has 0 aliphatic rings. The highest BCUT2D eigenvalue weighted by molar-refractivity contribution is 6.30. The maximum absolute atomic E-state index is 10.9.